The lowest BCUT2D eigenvalue weighted by Crippen LogP contribution is -2.16. The average molecular weight is 354 g/mol. The van der Waals surface area contributed by atoms with Crippen LogP contribution in [0.5, 0.6) is 5.88 Å². The minimum absolute atomic E-state index is 0.234. The van der Waals surface area contributed by atoms with Crippen molar-refractivity contribution in [1.82, 2.24) is 24.4 Å². The second-order valence-electron chi connectivity index (χ2n) is 6.41. The van der Waals surface area contributed by atoms with Crippen molar-refractivity contribution in [2.75, 3.05) is 6.61 Å². The minimum Gasteiger partial charge on any atom is -0.476 e. The van der Waals surface area contributed by atoms with Gasteiger partial charge in [-0.15, -0.1) is 0 Å². The molecule has 1 atom stereocenters. The lowest BCUT2D eigenvalue weighted by Gasteiger charge is -2.13. The molecule has 1 amide bonds. The van der Waals surface area contributed by atoms with Gasteiger partial charge in [-0.05, 0) is 24.8 Å². The quantitative estimate of drug-likeness (QED) is 0.623. The van der Waals surface area contributed by atoms with Crippen LogP contribution < -0.4 is 10.5 Å². The molecule has 0 aliphatic rings. The molecular weight excluding hydrogens is 332 g/mol. The normalized spacial score (nSPS) is 12.2. The van der Waals surface area contributed by atoms with Crippen LogP contribution in [0.3, 0.4) is 0 Å². The molecule has 136 valence electrons. The maximum Gasteiger partial charge on any atom is 0.244 e. The molecule has 8 heteroatoms. The molecule has 0 spiro atoms. The molecule has 26 heavy (non-hydrogen) atoms. The molecule has 1 unspecified atom stereocenters. The van der Waals surface area contributed by atoms with E-state index in [0.29, 0.717) is 24.5 Å². The summed E-state index contributed by atoms with van der Waals surface area (Å²) in [5.74, 6) is 0.298. The maximum absolute atomic E-state index is 11.1. The third-order valence-electron chi connectivity index (χ3n) is 4.15. The Morgan fingerprint density at radius 2 is 2.19 bits per heavy atom. The van der Waals surface area contributed by atoms with Crippen LogP contribution in [0.25, 0.3) is 16.8 Å². The van der Waals surface area contributed by atoms with Crippen molar-refractivity contribution >= 4 is 11.4 Å². The summed E-state index contributed by atoms with van der Waals surface area (Å²) >= 11 is 0. The van der Waals surface area contributed by atoms with Gasteiger partial charge in [0.25, 0.3) is 0 Å². The number of amides is 1. The zero-order valence-electron chi connectivity index (χ0n) is 14.9. The Morgan fingerprint density at radius 1 is 1.38 bits per heavy atom. The number of primary amides is 1. The third kappa shape index (κ3) is 3.90. The van der Waals surface area contributed by atoms with Gasteiger partial charge in [0.1, 0.15) is 5.52 Å². The summed E-state index contributed by atoms with van der Waals surface area (Å²) in [6.07, 6.45) is 8.50. The zero-order valence-corrected chi connectivity index (χ0v) is 14.9. The van der Waals surface area contributed by atoms with Gasteiger partial charge in [-0.1, -0.05) is 13.5 Å². The van der Waals surface area contributed by atoms with E-state index in [4.69, 9.17) is 10.5 Å². The molecule has 0 aliphatic heterocycles. The van der Waals surface area contributed by atoms with Gasteiger partial charge in [-0.25, -0.2) is 9.50 Å². The van der Waals surface area contributed by atoms with E-state index in [-0.39, 0.29) is 5.92 Å². The standard InChI is InChI=1S/C18H22N6O2/c1-12(8-13(2)17(19)25)5-7-26-18-16-4-6-20-24(16)11-15(22-18)14-9-21-23(3)10-14/h4,6,9-12H,2,5,7-8H2,1,3H3,(H2,19,25). The van der Waals surface area contributed by atoms with Gasteiger partial charge < -0.3 is 10.5 Å². The Morgan fingerprint density at radius 3 is 2.88 bits per heavy atom. The van der Waals surface area contributed by atoms with E-state index in [1.807, 2.05) is 32.4 Å². The summed E-state index contributed by atoms with van der Waals surface area (Å²) in [6, 6.07) is 1.85. The summed E-state index contributed by atoms with van der Waals surface area (Å²) in [5.41, 5.74) is 8.09. The van der Waals surface area contributed by atoms with Gasteiger partial charge in [0, 0.05) is 24.4 Å². The molecule has 0 saturated heterocycles. The second kappa shape index (κ2) is 7.38. The largest absolute Gasteiger partial charge is 0.476 e. The molecule has 3 heterocycles. The predicted octanol–water partition coefficient (Wildman–Crippen LogP) is 1.97. The highest BCUT2D eigenvalue weighted by Crippen LogP contribution is 2.24. The first-order valence-electron chi connectivity index (χ1n) is 8.38. The monoisotopic (exact) mass is 354 g/mol. The predicted molar refractivity (Wildman–Crippen MR) is 97.4 cm³/mol. The molecule has 0 fully saturated rings. The number of rotatable bonds is 8. The maximum atomic E-state index is 11.1. The van der Waals surface area contributed by atoms with E-state index < -0.39 is 5.91 Å². The van der Waals surface area contributed by atoms with Crippen molar-refractivity contribution in [2.45, 2.75) is 19.8 Å². The molecule has 0 bridgehead atoms. The number of carbonyl (C=O) groups is 1. The Balaban J connectivity index is 1.72. The summed E-state index contributed by atoms with van der Waals surface area (Å²) in [7, 11) is 1.86. The van der Waals surface area contributed by atoms with Crippen molar-refractivity contribution < 1.29 is 9.53 Å². The highest BCUT2D eigenvalue weighted by Gasteiger charge is 2.13. The van der Waals surface area contributed by atoms with Crippen LogP contribution in [0.4, 0.5) is 0 Å². The number of ether oxygens (including phenoxy) is 1. The lowest BCUT2D eigenvalue weighted by molar-refractivity contribution is -0.114. The Kier molecular flexibility index (Phi) is 5.01. The van der Waals surface area contributed by atoms with E-state index in [1.54, 1.807) is 21.6 Å². The summed E-state index contributed by atoms with van der Waals surface area (Å²) < 4.78 is 9.37. The average Bonchev–Trinajstić information content (AvgIpc) is 3.23. The Bertz CT molecular complexity index is 942. The van der Waals surface area contributed by atoms with E-state index in [0.717, 1.165) is 23.2 Å². The van der Waals surface area contributed by atoms with E-state index in [9.17, 15) is 4.79 Å². The van der Waals surface area contributed by atoms with Gasteiger partial charge in [0.05, 0.1) is 30.9 Å². The molecule has 3 aromatic rings. The lowest BCUT2D eigenvalue weighted by atomic mass is 9.99. The SMILES string of the molecule is C=C(CC(C)CCOc1nc(-c2cnn(C)c2)cn2nccc12)C(N)=O. The van der Waals surface area contributed by atoms with Crippen LogP contribution in [0.1, 0.15) is 19.8 Å². The fourth-order valence-corrected chi connectivity index (χ4v) is 2.68. The molecule has 0 aromatic carbocycles. The molecule has 2 N–H and O–H groups in total. The fourth-order valence-electron chi connectivity index (χ4n) is 2.68. The number of nitrogens with zero attached hydrogens (tertiary/aromatic N) is 5. The number of hydrogen-bond acceptors (Lipinski definition) is 5. The van der Waals surface area contributed by atoms with Gasteiger partial charge >= 0.3 is 0 Å². The van der Waals surface area contributed by atoms with Crippen LogP contribution >= 0.6 is 0 Å². The first-order valence-corrected chi connectivity index (χ1v) is 8.38. The van der Waals surface area contributed by atoms with Crippen molar-refractivity contribution in [3.63, 3.8) is 0 Å². The molecule has 0 radical (unpaired) electrons. The van der Waals surface area contributed by atoms with Crippen LogP contribution in [-0.2, 0) is 11.8 Å². The van der Waals surface area contributed by atoms with Crippen LogP contribution in [0, 0.1) is 5.92 Å². The minimum atomic E-state index is -0.454. The van der Waals surface area contributed by atoms with Crippen LogP contribution in [-0.4, -0.2) is 36.9 Å². The highest BCUT2D eigenvalue weighted by molar-refractivity contribution is 5.91. The number of aromatic nitrogens is 5. The zero-order chi connectivity index (χ0) is 18.7. The smallest absolute Gasteiger partial charge is 0.244 e. The van der Waals surface area contributed by atoms with Gasteiger partial charge in [0.2, 0.25) is 11.8 Å². The molecule has 8 nitrogen and oxygen atoms in total. The molecular formula is C18H22N6O2. The Labute approximate surface area is 151 Å². The molecule has 3 rings (SSSR count). The third-order valence-corrected chi connectivity index (χ3v) is 4.15. The number of carbonyl (C=O) groups excluding carboxylic acids is 1. The first-order chi connectivity index (χ1) is 12.4. The summed E-state index contributed by atoms with van der Waals surface area (Å²) in [4.78, 5) is 15.7. The summed E-state index contributed by atoms with van der Waals surface area (Å²) in [5, 5.41) is 8.46. The van der Waals surface area contributed by atoms with Crippen LogP contribution in [0.15, 0.2) is 43.0 Å². The van der Waals surface area contributed by atoms with Gasteiger partial charge in [-0.3, -0.25) is 9.48 Å². The van der Waals surface area contributed by atoms with Crippen LogP contribution in [0.2, 0.25) is 0 Å². The number of aryl methyl sites for hydroxylation is 1. The number of hydrogen-bond donors (Lipinski definition) is 1. The van der Waals surface area contributed by atoms with Crippen molar-refractivity contribution in [3.8, 4) is 17.1 Å². The van der Waals surface area contributed by atoms with Crippen molar-refractivity contribution in [3.05, 3.63) is 43.0 Å². The topological polar surface area (TPSA) is 100 Å². The number of nitrogens with two attached hydrogens (primary N) is 1. The fraction of sp³-hybridized carbons (Fsp3) is 0.333. The van der Waals surface area contributed by atoms with Gasteiger partial charge in [0.15, 0.2) is 0 Å². The highest BCUT2D eigenvalue weighted by atomic mass is 16.5. The van der Waals surface area contributed by atoms with E-state index >= 15 is 0 Å². The summed E-state index contributed by atoms with van der Waals surface area (Å²) in [6.45, 7) is 6.20. The first kappa shape index (κ1) is 17.7. The molecule has 3 aromatic heterocycles. The van der Waals surface area contributed by atoms with E-state index in [1.165, 1.54) is 0 Å². The Hall–Kier alpha value is -3.16. The van der Waals surface area contributed by atoms with E-state index in [2.05, 4.69) is 21.8 Å². The van der Waals surface area contributed by atoms with Crippen molar-refractivity contribution in [2.24, 2.45) is 18.7 Å². The molecule has 0 aliphatic carbocycles. The second-order valence-corrected chi connectivity index (χ2v) is 6.41. The number of fused-ring (bicyclic) bond motifs is 1. The molecule has 0 saturated carbocycles. The van der Waals surface area contributed by atoms with Gasteiger partial charge in [-0.2, -0.15) is 10.2 Å². The van der Waals surface area contributed by atoms with Crippen molar-refractivity contribution in [1.29, 1.82) is 0 Å².